The molecule has 440 valence electrons. The fourth-order valence-electron chi connectivity index (χ4n) is 9.35. The van der Waals surface area contributed by atoms with Crippen molar-refractivity contribution in [3.05, 3.63) is 72.9 Å². The van der Waals surface area contributed by atoms with Gasteiger partial charge in [-0.25, -0.2) is 0 Å². The molecular weight excluding hydrogens is 955 g/mol. The lowest BCUT2D eigenvalue weighted by Crippen LogP contribution is -2.61. The Labute approximate surface area is 464 Å². The molecule has 8 atom stereocenters. The number of aliphatic hydroxyl groups is 5. The minimum Gasteiger partial charge on any atom is -0.454 e. The molecule has 1 aliphatic heterocycles. The molecule has 11 nitrogen and oxygen atoms in total. The Morgan fingerprint density at radius 3 is 1.46 bits per heavy atom. The fraction of sp³-hybridized carbons (Fsp3) is 0.785. The van der Waals surface area contributed by atoms with Gasteiger partial charge in [0.25, 0.3) is 0 Å². The first kappa shape index (κ1) is 71.1. The molecule has 0 aromatic rings. The van der Waals surface area contributed by atoms with E-state index in [0.717, 1.165) is 109 Å². The standard InChI is InChI=1S/C65H115NO10/c1-4-7-10-13-16-19-22-25-27-28-29-30-31-33-34-37-40-43-46-49-52-58(69)64(73)66-56(57(68)51-48-45-42-39-36-24-21-18-15-12-9-6-3)55-74-65-63(62(72)61(71)59(54-67)75-65)76-60(70)53-50-47-44-41-38-35-32-26-23-20-17-14-11-8-5-2/h16-17,19-20,23,25-27,29-30,48,51,56-59,61-63,65,67-69,71-72H,4-15,18,21-22,24,28,31-47,49-50,52-55H2,1-3H3,(H,66,73)/b19-16-,20-17+,26-23+,27-25-,30-29-,51-48+. The average molecular weight is 1070 g/mol. The maximum atomic E-state index is 13.4. The van der Waals surface area contributed by atoms with Crippen molar-refractivity contribution in [1.29, 1.82) is 0 Å². The maximum Gasteiger partial charge on any atom is 0.306 e. The van der Waals surface area contributed by atoms with Gasteiger partial charge >= 0.3 is 5.97 Å². The summed E-state index contributed by atoms with van der Waals surface area (Å²) in [6.07, 6.45) is 56.4. The number of unbranched alkanes of at least 4 members (excludes halogenated alkanes) is 29. The molecule has 0 saturated carbocycles. The molecule has 1 amide bonds. The van der Waals surface area contributed by atoms with Crippen LogP contribution in [-0.2, 0) is 23.8 Å². The first-order valence-corrected chi connectivity index (χ1v) is 31.2. The van der Waals surface area contributed by atoms with Gasteiger partial charge in [0.2, 0.25) is 5.91 Å². The molecule has 1 fully saturated rings. The van der Waals surface area contributed by atoms with Crippen LogP contribution in [0.4, 0.5) is 0 Å². The van der Waals surface area contributed by atoms with Crippen molar-refractivity contribution in [1.82, 2.24) is 5.32 Å². The van der Waals surface area contributed by atoms with Crippen LogP contribution in [0.2, 0.25) is 0 Å². The molecule has 0 radical (unpaired) electrons. The average Bonchev–Trinajstić information content (AvgIpc) is 3.42. The van der Waals surface area contributed by atoms with Gasteiger partial charge in [0.15, 0.2) is 12.4 Å². The number of carbonyl (C=O) groups is 2. The zero-order chi connectivity index (χ0) is 55.4. The molecular formula is C65H115NO10. The Morgan fingerprint density at radius 2 is 0.947 bits per heavy atom. The molecule has 1 rings (SSSR count). The number of aliphatic hydroxyl groups excluding tert-OH is 5. The molecule has 0 spiro atoms. The summed E-state index contributed by atoms with van der Waals surface area (Å²) in [7, 11) is 0. The van der Waals surface area contributed by atoms with Crippen molar-refractivity contribution < 1.29 is 49.3 Å². The molecule has 11 heteroatoms. The zero-order valence-electron chi connectivity index (χ0n) is 48.6. The van der Waals surface area contributed by atoms with Gasteiger partial charge in [0.1, 0.15) is 24.4 Å². The predicted molar refractivity (Wildman–Crippen MR) is 315 cm³/mol. The van der Waals surface area contributed by atoms with Crippen molar-refractivity contribution >= 4 is 11.9 Å². The van der Waals surface area contributed by atoms with Crippen molar-refractivity contribution in [2.75, 3.05) is 13.2 Å². The van der Waals surface area contributed by atoms with Crippen LogP contribution in [0.1, 0.15) is 265 Å². The minimum atomic E-state index is -1.62. The Balaban J connectivity index is 2.69. The highest BCUT2D eigenvalue weighted by molar-refractivity contribution is 5.80. The Morgan fingerprint density at radius 1 is 0.526 bits per heavy atom. The van der Waals surface area contributed by atoms with Crippen LogP contribution >= 0.6 is 0 Å². The number of allylic oxidation sites excluding steroid dienone is 11. The second-order valence-corrected chi connectivity index (χ2v) is 21.5. The number of rotatable bonds is 52. The minimum absolute atomic E-state index is 0.107. The van der Waals surface area contributed by atoms with Gasteiger partial charge in [0, 0.05) is 6.42 Å². The molecule has 0 aromatic carbocycles. The van der Waals surface area contributed by atoms with E-state index in [4.69, 9.17) is 14.2 Å². The Hall–Kier alpha value is -2.90. The van der Waals surface area contributed by atoms with E-state index in [2.05, 4.69) is 86.8 Å². The van der Waals surface area contributed by atoms with E-state index in [1.807, 2.05) is 6.08 Å². The lowest BCUT2D eigenvalue weighted by atomic mass is 9.99. The number of hydrogen-bond acceptors (Lipinski definition) is 10. The zero-order valence-corrected chi connectivity index (χ0v) is 48.6. The number of amides is 1. The molecule has 1 heterocycles. The summed E-state index contributed by atoms with van der Waals surface area (Å²) in [4.78, 5) is 26.5. The van der Waals surface area contributed by atoms with Gasteiger partial charge in [-0.05, 0) is 89.9 Å². The summed E-state index contributed by atoms with van der Waals surface area (Å²) in [5.74, 6) is -1.21. The highest BCUT2D eigenvalue weighted by Gasteiger charge is 2.47. The number of carbonyl (C=O) groups excluding carboxylic acids is 2. The highest BCUT2D eigenvalue weighted by Crippen LogP contribution is 2.26. The van der Waals surface area contributed by atoms with E-state index in [0.29, 0.717) is 12.8 Å². The summed E-state index contributed by atoms with van der Waals surface area (Å²) in [6.45, 7) is 5.72. The van der Waals surface area contributed by atoms with Crippen LogP contribution in [0.15, 0.2) is 72.9 Å². The number of esters is 1. The molecule has 8 unspecified atom stereocenters. The van der Waals surface area contributed by atoms with Gasteiger partial charge in [-0.2, -0.15) is 0 Å². The van der Waals surface area contributed by atoms with Crippen LogP contribution in [0.5, 0.6) is 0 Å². The van der Waals surface area contributed by atoms with E-state index in [1.165, 1.54) is 109 Å². The van der Waals surface area contributed by atoms with Gasteiger partial charge in [-0.1, -0.05) is 241 Å². The molecule has 76 heavy (non-hydrogen) atoms. The van der Waals surface area contributed by atoms with E-state index in [-0.39, 0.29) is 19.4 Å². The molecule has 0 bridgehead atoms. The third-order valence-electron chi connectivity index (χ3n) is 14.4. The van der Waals surface area contributed by atoms with Crippen molar-refractivity contribution in [3.8, 4) is 0 Å². The van der Waals surface area contributed by atoms with Crippen molar-refractivity contribution in [2.24, 2.45) is 0 Å². The lowest BCUT2D eigenvalue weighted by molar-refractivity contribution is -0.305. The Kier molecular flexibility index (Phi) is 49.4. The number of hydrogen-bond donors (Lipinski definition) is 6. The van der Waals surface area contributed by atoms with Crippen LogP contribution in [0.25, 0.3) is 0 Å². The fourth-order valence-corrected chi connectivity index (χ4v) is 9.35. The van der Waals surface area contributed by atoms with E-state index in [9.17, 15) is 35.1 Å². The first-order chi connectivity index (χ1) is 37.2. The van der Waals surface area contributed by atoms with E-state index < -0.39 is 67.4 Å². The van der Waals surface area contributed by atoms with Gasteiger partial charge in [0.05, 0.1) is 25.4 Å². The van der Waals surface area contributed by atoms with Crippen molar-refractivity contribution in [2.45, 2.75) is 314 Å². The summed E-state index contributed by atoms with van der Waals surface area (Å²) in [6, 6.07) is -1.03. The monoisotopic (exact) mass is 1070 g/mol. The SMILES string of the molecule is CCCCC/C=C\C/C=C\C/C=C\CCCCCCCCCC(O)C(=O)NC(COC1OC(CO)C(O)C(O)C1OC(=O)CCCCCCCC/C=C/C=C/CCCCC)C(O)/C=C/CCCCCCCCCCCC. The van der Waals surface area contributed by atoms with E-state index in [1.54, 1.807) is 6.08 Å². The quantitative estimate of drug-likeness (QED) is 0.0149. The van der Waals surface area contributed by atoms with Crippen LogP contribution < -0.4 is 5.32 Å². The summed E-state index contributed by atoms with van der Waals surface area (Å²) < 4.78 is 17.6. The van der Waals surface area contributed by atoms with Crippen LogP contribution in [0.3, 0.4) is 0 Å². The Bertz CT molecular complexity index is 1510. The van der Waals surface area contributed by atoms with Gasteiger partial charge in [-0.3, -0.25) is 9.59 Å². The molecule has 0 aliphatic carbocycles. The topological polar surface area (TPSA) is 175 Å². The van der Waals surface area contributed by atoms with E-state index >= 15 is 0 Å². The van der Waals surface area contributed by atoms with Crippen molar-refractivity contribution in [3.63, 3.8) is 0 Å². The second-order valence-electron chi connectivity index (χ2n) is 21.5. The van der Waals surface area contributed by atoms with Crippen LogP contribution in [0, 0.1) is 0 Å². The highest BCUT2D eigenvalue weighted by atomic mass is 16.7. The summed E-state index contributed by atoms with van der Waals surface area (Å²) in [5, 5.41) is 57.0. The lowest BCUT2D eigenvalue weighted by Gasteiger charge is -2.41. The number of ether oxygens (including phenoxy) is 3. The van der Waals surface area contributed by atoms with Gasteiger partial charge < -0.3 is 45.1 Å². The third-order valence-corrected chi connectivity index (χ3v) is 14.4. The second kappa shape index (κ2) is 52.8. The third kappa shape index (κ3) is 40.3. The summed E-state index contributed by atoms with van der Waals surface area (Å²) >= 11 is 0. The predicted octanol–water partition coefficient (Wildman–Crippen LogP) is 14.8. The number of nitrogens with one attached hydrogen (secondary N) is 1. The molecule has 1 aliphatic rings. The normalized spacial score (nSPS) is 19.6. The molecule has 0 aromatic heterocycles. The molecule has 1 saturated heterocycles. The largest absolute Gasteiger partial charge is 0.454 e. The first-order valence-electron chi connectivity index (χ1n) is 31.2. The smallest absolute Gasteiger partial charge is 0.306 e. The van der Waals surface area contributed by atoms with Crippen LogP contribution in [-0.4, -0.2) is 99.6 Å². The summed E-state index contributed by atoms with van der Waals surface area (Å²) in [5.41, 5.74) is 0. The maximum absolute atomic E-state index is 13.4. The molecule has 6 N–H and O–H groups in total. The van der Waals surface area contributed by atoms with Gasteiger partial charge in [-0.15, -0.1) is 0 Å².